The number of Topliss-reactive ketones (excluding diaryl/α,β-unsaturated/α-hetero) is 1. The Labute approximate surface area is 186 Å². The summed E-state index contributed by atoms with van der Waals surface area (Å²) in [7, 11) is 0. The van der Waals surface area contributed by atoms with Crippen LogP contribution in [0.1, 0.15) is 43.2 Å². The normalized spacial score (nSPS) is 19.5. The fourth-order valence-electron chi connectivity index (χ4n) is 4.66. The first-order valence-corrected chi connectivity index (χ1v) is 11.0. The molecular formula is C26H25NO5. The molecule has 2 aromatic rings. The summed E-state index contributed by atoms with van der Waals surface area (Å²) in [5.74, 6) is 0.472. The van der Waals surface area contributed by atoms with Crippen molar-refractivity contribution >= 4 is 11.8 Å². The van der Waals surface area contributed by atoms with Gasteiger partial charge in [-0.1, -0.05) is 36.4 Å². The number of allylic oxidation sites excluding steroid dienone is 3. The average molecular weight is 431 g/mol. The second-order valence-corrected chi connectivity index (χ2v) is 8.25. The quantitative estimate of drug-likeness (QED) is 0.717. The lowest BCUT2D eigenvalue weighted by atomic mass is 9.75. The number of benzene rings is 2. The van der Waals surface area contributed by atoms with Crippen molar-refractivity contribution in [1.82, 2.24) is 5.32 Å². The van der Waals surface area contributed by atoms with Gasteiger partial charge in [0.2, 0.25) is 6.79 Å². The highest BCUT2D eigenvalue weighted by Crippen LogP contribution is 2.45. The van der Waals surface area contributed by atoms with Gasteiger partial charge in [0.1, 0.15) is 0 Å². The number of ether oxygens (including phenoxy) is 3. The van der Waals surface area contributed by atoms with E-state index >= 15 is 0 Å². The molecule has 6 nitrogen and oxygen atoms in total. The molecule has 1 atom stereocenters. The standard InChI is InChI=1S/C26H25NO5/c1-16-23(26(29)30-13-12-17-6-3-2-4-7-17)24(25-19(27-16)8-5-9-20(25)28)18-10-11-21-22(14-18)32-15-31-21/h2-4,6-7,10-11,14,24,27H,5,8-9,12-13,15H2,1H3/t24-/m0/s1. The second-order valence-electron chi connectivity index (χ2n) is 8.25. The van der Waals surface area contributed by atoms with Gasteiger partial charge in [0.05, 0.1) is 12.2 Å². The molecule has 0 fully saturated rings. The number of hydrogen-bond donors (Lipinski definition) is 1. The van der Waals surface area contributed by atoms with Gasteiger partial charge in [-0.25, -0.2) is 4.79 Å². The van der Waals surface area contributed by atoms with Crippen molar-refractivity contribution in [1.29, 1.82) is 0 Å². The van der Waals surface area contributed by atoms with E-state index in [0.717, 1.165) is 35.4 Å². The highest BCUT2D eigenvalue weighted by atomic mass is 16.7. The van der Waals surface area contributed by atoms with Gasteiger partial charge in [-0.2, -0.15) is 0 Å². The van der Waals surface area contributed by atoms with Gasteiger partial charge in [0.15, 0.2) is 17.3 Å². The zero-order chi connectivity index (χ0) is 22.1. The Morgan fingerprint density at radius 2 is 1.91 bits per heavy atom. The van der Waals surface area contributed by atoms with Gasteiger partial charge in [0.25, 0.3) is 0 Å². The van der Waals surface area contributed by atoms with Crippen molar-refractivity contribution in [2.75, 3.05) is 13.4 Å². The maximum absolute atomic E-state index is 13.3. The molecule has 0 amide bonds. The summed E-state index contributed by atoms with van der Waals surface area (Å²) in [6.45, 7) is 2.31. The third-order valence-corrected chi connectivity index (χ3v) is 6.19. The minimum Gasteiger partial charge on any atom is -0.462 e. The second kappa shape index (κ2) is 8.54. The summed E-state index contributed by atoms with van der Waals surface area (Å²) in [6.07, 6.45) is 2.71. The van der Waals surface area contributed by atoms with Crippen LogP contribution >= 0.6 is 0 Å². The first-order chi connectivity index (χ1) is 15.6. The molecule has 0 spiro atoms. The predicted octanol–water partition coefficient (Wildman–Crippen LogP) is 4.17. The summed E-state index contributed by atoms with van der Waals surface area (Å²) in [5, 5.41) is 3.32. The first-order valence-electron chi connectivity index (χ1n) is 11.0. The third-order valence-electron chi connectivity index (χ3n) is 6.19. The van der Waals surface area contributed by atoms with Crippen LogP contribution in [-0.4, -0.2) is 25.2 Å². The van der Waals surface area contributed by atoms with Crippen molar-refractivity contribution in [2.45, 2.75) is 38.5 Å². The molecule has 0 aromatic heterocycles. The number of nitrogens with one attached hydrogen (secondary N) is 1. The van der Waals surface area contributed by atoms with Crippen LogP contribution in [0.25, 0.3) is 0 Å². The minimum atomic E-state index is -0.488. The van der Waals surface area contributed by atoms with Crippen molar-refractivity contribution in [2.24, 2.45) is 0 Å². The Balaban J connectivity index is 1.46. The van der Waals surface area contributed by atoms with Gasteiger partial charge >= 0.3 is 5.97 Å². The highest BCUT2D eigenvalue weighted by molar-refractivity contribution is 6.03. The van der Waals surface area contributed by atoms with Crippen LogP contribution in [0.15, 0.2) is 71.1 Å². The van der Waals surface area contributed by atoms with Gasteiger partial charge in [0, 0.05) is 35.7 Å². The van der Waals surface area contributed by atoms with Crippen molar-refractivity contribution in [3.63, 3.8) is 0 Å². The molecular weight excluding hydrogens is 406 g/mol. The molecule has 1 aliphatic carbocycles. The molecule has 0 saturated carbocycles. The highest BCUT2D eigenvalue weighted by Gasteiger charge is 2.39. The molecule has 2 aliphatic heterocycles. The maximum Gasteiger partial charge on any atom is 0.336 e. The van der Waals surface area contributed by atoms with E-state index in [1.807, 2.05) is 55.5 Å². The molecule has 6 heteroatoms. The van der Waals surface area contributed by atoms with Gasteiger partial charge in [-0.3, -0.25) is 4.79 Å². The lowest BCUT2D eigenvalue weighted by Gasteiger charge is -2.34. The van der Waals surface area contributed by atoms with Crippen molar-refractivity contribution in [3.8, 4) is 11.5 Å². The molecule has 1 N–H and O–H groups in total. The molecule has 0 bridgehead atoms. The lowest BCUT2D eigenvalue weighted by molar-refractivity contribution is -0.139. The molecule has 5 rings (SSSR count). The Morgan fingerprint density at radius 3 is 2.75 bits per heavy atom. The van der Waals surface area contributed by atoms with E-state index in [4.69, 9.17) is 14.2 Å². The zero-order valence-electron chi connectivity index (χ0n) is 18.0. The van der Waals surface area contributed by atoms with E-state index in [-0.39, 0.29) is 19.2 Å². The Hall–Kier alpha value is -3.54. The summed E-state index contributed by atoms with van der Waals surface area (Å²) >= 11 is 0. The third kappa shape index (κ3) is 3.77. The molecule has 2 heterocycles. The van der Waals surface area contributed by atoms with Crippen LogP contribution in [0.5, 0.6) is 11.5 Å². The summed E-state index contributed by atoms with van der Waals surface area (Å²) in [6, 6.07) is 15.5. The SMILES string of the molecule is CC1=C(C(=O)OCCc2ccccc2)[C@H](c2ccc3c(c2)OCO3)C2=C(CCCC2=O)N1. The number of ketones is 1. The number of rotatable bonds is 5. The van der Waals surface area contributed by atoms with Crippen molar-refractivity contribution < 1.29 is 23.8 Å². The first kappa shape index (κ1) is 20.4. The number of hydrogen-bond acceptors (Lipinski definition) is 6. The van der Waals surface area contributed by atoms with Crippen LogP contribution in [0.4, 0.5) is 0 Å². The smallest absolute Gasteiger partial charge is 0.336 e. The zero-order valence-corrected chi connectivity index (χ0v) is 18.0. The topological polar surface area (TPSA) is 73.9 Å². The average Bonchev–Trinajstić information content (AvgIpc) is 3.27. The maximum atomic E-state index is 13.3. The molecule has 164 valence electrons. The van der Waals surface area contributed by atoms with E-state index in [1.165, 1.54) is 0 Å². The van der Waals surface area contributed by atoms with E-state index in [2.05, 4.69) is 5.32 Å². The van der Waals surface area contributed by atoms with E-state index < -0.39 is 11.9 Å². The Bertz CT molecular complexity index is 1130. The number of carbonyl (C=O) groups excluding carboxylic acids is 2. The van der Waals surface area contributed by atoms with Gasteiger partial charge < -0.3 is 19.5 Å². The number of dihydropyridines is 1. The molecule has 0 unspecified atom stereocenters. The van der Waals surface area contributed by atoms with Gasteiger partial charge in [-0.15, -0.1) is 0 Å². The van der Waals surface area contributed by atoms with E-state index in [1.54, 1.807) is 0 Å². The molecule has 0 radical (unpaired) electrons. The van der Waals surface area contributed by atoms with Crippen LogP contribution in [-0.2, 0) is 20.7 Å². The van der Waals surface area contributed by atoms with Crippen LogP contribution in [0.2, 0.25) is 0 Å². The van der Waals surface area contributed by atoms with Crippen LogP contribution in [0, 0.1) is 0 Å². The molecule has 32 heavy (non-hydrogen) atoms. The fraction of sp³-hybridized carbons (Fsp3) is 0.308. The number of esters is 1. The fourth-order valence-corrected chi connectivity index (χ4v) is 4.66. The molecule has 0 saturated heterocycles. The predicted molar refractivity (Wildman–Crippen MR) is 118 cm³/mol. The molecule has 2 aromatic carbocycles. The number of fused-ring (bicyclic) bond motifs is 1. The molecule has 3 aliphatic rings. The summed E-state index contributed by atoms with van der Waals surface area (Å²) in [5.41, 5.74) is 4.70. The van der Waals surface area contributed by atoms with Crippen LogP contribution in [0.3, 0.4) is 0 Å². The monoisotopic (exact) mass is 431 g/mol. The lowest BCUT2D eigenvalue weighted by Crippen LogP contribution is -2.34. The number of carbonyl (C=O) groups is 2. The van der Waals surface area contributed by atoms with Crippen LogP contribution < -0.4 is 14.8 Å². The van der Waals surface area contributed by atoms with E-state index in [0.29, 0.717) is 35.5 Å². The Morgan fingerprint density at radius 1 is 1.09 bits per heavy atom. The van der Waals surface area contributed by atoms with Crippen molar-refractivity contribution in [3.05, 3.63) is 82.2 Å². The van der Waals surface area contributed by atoms with Gasteiger partial charge in [-0.05, 0) is 43.0 Å². The largest absolute Gasteiger partial charge is 0.462 e. The summed E-state index contributed by atoms with van der Waals surface area (Å²) < 4.78 is 16.7. The van der Waals surface area contributed by atoms with E-state index in [9.17, 15) is 9.59 Å². The minimum absolute atomic E-state index is 0.0727. The summed E-state index contributed by atoms with van der Waals surface area (Å²) in [4.78, 5) is 26.3. The Kier molecular flexibility index (Phi) is 5.43.